The zero-order valence-electron chi connectivity index (χ0n) is 17.9. The highest BCUT2D eigenvalue weighted by Gasteiger charge is 2.34. The number of rotatable bonds is 6. The molecular formula is C24H28N4O3. The summed E-state index contributed by atoms with van der Waals surface area (Å²) in [5.74, 6) is -0.800. The van der Waals surface area contributed by atoms with E-state index in [0.717, 1.165) is 27.7 Å². The number of piperazine rings is 1. The molecule has 0 spiro atoms. The fourth-order valence-corrected chi connectivity index (χ4v) is 4.25. The Morgan fingerprint density at radius 2 is 1.65 bits per heavy atom. The van der Waals surface area contributed by atoms with Crippen LogP contribution in [0.15, 0.2) is 54.6 Å². The molecule has 7 nitrogen and oxygen atoms in total. The van der Waals surface area contributed by atoms with Crippen molar-refractivity contribution in [3.8, 4) is 11.3 Å². The van der Waals surface area contributed by atoms with Crippen molar-refractivity contribution in [1.29, 1.82) is 0 Å². The minimum Gasteiger partial charge on any atom is -0.480 e. The Morgan fingerprint density at radius 1 is 1.00 bits per heavy atom. The van der Waals surface area contributed by atoms with Crippen LogP contribution in [0.3, 0.4) is 0 Å². The molecule has 2 heterocycles. The van der Waals surface area contributed by atoms with Gasteiger partial charge in [0.25, 0.3) is 0 Å². The number of carboxylic acids is 1. The van der Waals surface area contributed by atoms with E-state index in [2.05, 4.69) is 9.88 Å². The number of nitrogens with zero attached hydrogens (tertiary/aromatic N) is 3. The molecule has 7 heteroatoms. The number of likely N-dealkylation sites (N-methyl/N-ethyl adjacent to an activating group) is 1. The lowest BCUT2D eigenvalue weighted by atomic mass is 9.97. The molecule has 1 amide bonds. The Labute approximate surface area is 181 Å². The molecule has 0 saturated carbocycles. The van der Waals surface area contributed by atoms with Crippen molar-refractivity contribution in [2.24, 2.45) is 0 Å². The van der Waals surface area contributed by atoms with Crippen molar-refractivity contribution in [3.63, 3.8) is 0 Å². The first-order valence-electron chi connectivity index (χ1n) is 10.5. The molecule has 1 aliphatic heterocycles. The summed E-state index contributed by atoms with van der Waals surface area (Å²) in [6, 6.07) is 17.0. The van der Waals surface area contributed by atoms with E-state index in [1.54, 1.807) is 19.0 Å². The number of benzene rings is 2. The molecule has 3 aromatic rings. The molecule has 2 aromatic carbocycles. The molecule has 0 bridgehead atoms. The number of fused-ring (bicyclic) bond motifs is 1. The van der Waals surface area contributed by atoms with E-state index in [1.807, 2.05) is 59.5 Å². The number of aliphatic carboxylic acids is 1. The molecule has 1 unspecified atom stereocenters. The number of carboxylic acid groups (broad SMARTS) is 1. The van der Waals surface area contributed by atoms with Gasteiger partial charge in [-0.15, -0.1) is 0 Å². The number of nitrogens with one attached hydrogen (secondary N) is 1. The van der Waals surface area contributed by atoms with Crippen molar-refractivity contribution in [3.05, 3.63) is 60.2 Å². The molecular weight excluding hydrogens is 392 g/mol. The van der Waals surface area contributed by atoms with E-state index in [-0.39, 0.29) is 5.91 Å². The van der Waals surface area contributed by atoms with E-state index < -0.39 is 12.0 Å². The van der Waals surface area contributed by atoms with Crippen molar-refractivity contribution in [1.82, 2.24) is 19.7 Å². The molecule has 2 N–H and O–H groups in total. The number of aromatic amines is 1. The van der Waals surface area contributed by atoms with Crippen LogP contribution in [0, 0.1) is 0 Å². The van der Waals surface area contributed by atoms with Crippen molar-refractivity contribution in [2.75, 3.05) is 46.8 Å². The third-order valence-corrected chi connectivity index (χ3v) is 5.95. The number of amides is 1. The Bertz CT molecular complexity index is 1070. The first-order valence-corrected chi connectivity index (χ1v) is 10.5. The average molecular weight is 421 g/mol. The second-order valence-electron chi connectivity index (χ2n) is 8.17. The summed E-state index contributed by atoms with van der Waals surface area (Å²) >= 11 is 0. The van der Waals surface area contributed by atoms with Gasteiger partial charge in [0.15, 0.2) is 0 Å². The molecule has 1 fully saturated rings. The quantitative estimate of drug-likeness (QED) is 0.641. The number of aromatic nitrogens is 1. The van der Waals surface area contributed by atoms with Crippen LogP contribution in [0.2, 0.25) is 0 Å². The number of hydrogen-bond acceptors (Lipinski definition) is 4. The SMILES string of the molecule is CN(C)C(=O)CN1CCN(C(C(=O)O)c2c(-c3ccccc3)[nH]c3ccccc23)CC1. The summed E-state index contributed by atoms with van der Waals surface area (Å²) in [7, 11) is 3.50. The third kappa shape index (κ3) is 4.33. The van der Waals surface area contributed by atoms with Gasteiger partial charge in [-0.2, -0.15) is 0 Å². The number of para-hydroxylation sites is 1. The number of carbonyl (C=O) groups excluding carboxylic acids is 1. The van der Waals surface area contributed by atoms with Gasteiger partial charge in [-0.25, -0.2) is 0 Å². The topological polar surface area (TPSA) is 79.9 Å². The van der Waals surface area contributed by atoms with Crippen LogP contribution >= 0.6 is 0 Å². The van der Waals surface area contributed by atoms with Crippen LogP contribution in [0.5, 0.6) is 0 Å². The summed E-state index contributed by atoms with van der Waals surface area (Å²) in [5, 5.41) is 11.2. The van der Waals surface area contributed by atoms with Gasteiger partial charge in [0.2, 0.25) is 5.91 Å². The van der Waals surface area contributed by atoms with Crippen LogP contribution < -0.4 is 0 Å². The molecule has 1 saturated heterocycles. The summed E-state index contributed by atoms with van der Waals surface area (Å²) < 4.78 is 0. The first kappa shape index (κ1) is 21.1. The standard InChI is InChI=1S/C24H28N4O3/c1-26(2)20(29)16-27-12-14-28(15-13-27)23(24(30)31)21-18-10-6-7-11-19(18)25-22(21)17-8-4-3-5-9-17/h3-11,23,25H,12-16H2,1-2H3,(H,30,31). The highest BCUT2D eigenvalue weighted by atomic mass is 16.4. The minimum absolute atomic E-state index is 0.0613. The highest BCUT2D eigenvalue weighted by molar-refractivity contribution is 5.95. The van der Waals surface area contributed by atoms with Crippen LogP contribution in [0.25, 0.3) is 22.2 Å². The summed E-state index contributed by atoms with van der Waals surface area (Å²) in [6.45, 7) is 2.86. The van der Waals surface area contributed by atoms with E-state index in [4.69, 9.17) is 0 Å². The molecule has 0 radical (unpaired) electrons. The predicted molar refractivity (Wildman–Crippen MR) is 121 cm³/mol. The van der Waals surface area contributed by atoms with Gasteiger partial charge in [0.05, 0.1) is 12.2 Å². The molecule has 0 aliphatic carbocycles. The Kier molecular flexibility index (Phi) is 6.06. The summed E-state index contributed by atoms with van der Waals surface area (Å²) in [4.78, 5) is 33.7. The monoisotopic (exact) mass is 420 g/mol. The molecule has 1 aromatic heterocycles. The van der Waals surface area contributed by atoms with Crippen LogP contribution in [0.4, 0.5) is 0 Å². The molecule has 1 aliphatic rings. The van der Waals surface area contributed by atoms with E-state index in [9.17, 15) is 14.7 Å². The fourth-order valence-electron chi connectivity index (χ4n) is 4.25. The van der Waals surface area contributed by atoms with E-state index in [0.29, 0.717) is 32.7 Å². The Balaban J connectivity index is 1.67. The molecule has 1 atom stereocenters. The van der Waals surface area contributed by atoms with Gasteiger partial charge in [-0.3, -0.25) is 19.4 Å². The lowest BCUT2D eigenvalue weighted by molar-refractivity contribution is -0.144. The zero-order chi connectivity index (χ0) is 22.0. The number of H-pyrrole nitrogens is 1. The average Bonchev–Trinajstić information content (AvgIpc) is 3.15. The van der Waals surface area contributed by atoms with E-state index in [1.165, 1.54) is 0 Å². The van der Waals surface area contributed by atoms with Gasteiger partial charge in [-0.05, 0) is 11.6 Å². The summed E-state index contributed by atoms with van der Waals surface area (Å²) in [5.41, 5.74) is 3.54. The van der Waals surface area contributed by atoms with Crippen LogP contribution in [-0.2, 0) is 9.59 Å². The Hall–Kier alpha value is -3.16. The van der Waals surface area contributed by atoms with Crippen molar-refractivity contribution in [2.45, 2.75) is 6.04 Å². The second-order valence-corrected chi connectivity index (χ2v) is 8.17. The number of hydrogen-bond donors (Lipinski definition) is 2. The largest absolute Gasteiger partial charge is 0.480 e. The highest BCUT2D eigenvalue weighted by Crippen LogP contribution is 2.37. The number of carbonyl (C=O) groups is 2. The third-order valence-electron chi connectivity index (χ3n) is 5.95. The zero-order valence-corrected chi connectivity index (χ0v) is 17.9. The van der Waals surface area contributed by atoms with Crippen molar-refractivity contribution < 1.29 is 14.7 Å². The first-order chi connectivity index (χ1) is 15.0. The van der Waals surface area contributed by atoms with Crippen LogP contribution in [0.1, 0.15) is 11.6 Å². The Morgan fingerprint density at radius 3 is 2.29 bits per heavy atom. The van der Waals surface area contributed by atoms with Gasteiger partial charge in [0, 0.05) is 56.7 Å². The summed E-state index contributed by atoms with van der Waals surface area (Å²) in [6.07, 6.45) is 0. The second kappa shape index (κ2) is 8.91. The maximum Gasteiger partial charge on any atom is 0.325 e. The lowest BCUT2D eigenvalue weighted by Crippen LogP contribution is -2.51. The molecule has 162 valence electrons. The minimum atomic E-state index is -0.861. The maximum atomic E-state index is 12.5. The fraction of sp³-hybridized carbons (Fsp3) is 0.333. The van der Waals surface area contributed by atoms with Gasteiger partial charge >= 0.3 is 5.97 Å². The maximum absolute atomic E-state index is 12.5. The van der Waals surface area contributed by atoms with Gasteiger partial charge in [-0.1, -0.05) is 48.5 Å². The normalized spacial score (nSPS) is 16.3. The molecule has 31 heavy (non-hydrogen) atoms. The smallest absolute Gasteiger partial charge is 0.325 e. The van der Waals surface area contributed by atoms with E-state index >= 15 is 0 Å². The van der Waals surface area contributed by atoms with Crippen molar-refractivity contribution >= 4 is 22.8 Å². The van der Waals surface area contributed by atoms with Gasteiger partial charge < -0.3 is 15.0 Å². The predicted octanol–water partition coefficient (Wildman–Crippen LogP) is 2.67. The van der Waals surface area contributed by atoms with Crippen LogP contribution in [-0.4, -0.2) is 83.5 Å². The molecule has 4 rings (SSSR count). The lowest BCUT2D eigenvalue weighted by Gasteiger charge is -2.38. The van der Waals surface area contributed by atoms with Gasteiger partial charge in [0.1, 0.15) is 6.04 Å².